The molecule has 1 heterocycles. The Balaban J connectivity index is 2.18. The number of nitrogens with zero attached hydrogens (tertiary/aromatic N) is 1. The Morgan fingerprint density at radius 3 is 2.77 bits per heavy atom. The highest BCUT2D eigenvalue weighted by Crippen LogP contribution is 2.26. The quantitative estimate of drug-likeness (QED) is 0.835. The van der Waals surface area contributed by atoms with E-state index in [4.69, 9.17) is 14.2 Å². The number of hydrogen-bond donors (Lipinski definition) is 0. The zero-order valence-electron chi connectivity index (χ0n) is 12.6. The van der Waals surface area contributed by atoms with Gasteiger partial charge in [0.2, 0.25) is 5.91 Å². The van der Waals surface area contributed by atoms with Crippen LogP contribution >= 0.6 is 0 Å². The van der Waals surface area contributed by atoms with Crippen molar-refractivity contribution in [1.82, 2.24) is 4.90 Å². The summed E-state index contributed by atoms with van der Waals surface area (Å²) in [7, 11) is 3.05. The van der Waals surface area contributed by atoms with Gasteiger partial charge in [0.05, 0.1) is 33.8 Å². The zero-order valence-corrected chi connectivity index (χ0v) is 12.6. The molecule has 1 atom stereocenters. The lowest BCUT2D eigenvalue weighted by molar-refractivity contribution is -0.131. The van der Waals surface area contributed by atoms with Crippen molar-refractivity contribution in [3.63, 3.8) is 0 Å². The number of benzene rings is 1. The molecule has 1 saturated heterocycles. The smallest absolute Gasteiger partial charge is 0.266 e. The monoisotopic (exact) mass is 315 g/mol. The number of carbonyl (C=O) groups excluding carboxylic acids is 1. The normalized spacial score (nSPS) is 19.2. The predicted molar refractivity (Wildman–Crippen MR) is 75.3 cm³/mol. The number of ether oxygens (including phenoxy) is 3. The topological polar surface area (TPSA) is 48.0 Å². The molecule has 1 aliphatic heterocycles. The molecule has 0 bridgehead atoms. The third-order valence-electron chi connectivity index (χ3n) is 3.54. The van der Waals surface area contributed by atoms with Crippen LogP contribution in [0.2, 0.25) is 0 Å². The summed E-state index contributed by atoms with van der Waals surface area (Å²) in [6.45, 7) is 0.0777. The van der Waals surface area contributed by atoms with Gasteiger partial charge in [-0.2, -0.15) is 0 Å². The van der Waals surface area contributed by atoms with Crippen molar-refractivity contribution in [2.75, 3.05) is 27.4 Å². The Labute approximate surface area is 127 Å². The van der Waals surface area contributed by atoms with E-state index in [-0.39, 0.29) is 32.0 Å². The van der Waals surface area contributed by atoms with E-state index >= 15 is 0 Å². The maximum Gasteiger partial charge on any atom is 0.266 e. The molecule has 1 aromatic carbocycles. The summed E-state index contributed by atoms with van der Waals surface area (Å²) in [5, 5.41) is 0. The predicted octanol–water partition coefficient (Wildman–Crippen LogP) is 2.09. The fourth-order valence-corrected chi connectivity index (χ4v) is 2.32. The van der Waals surface area contributed by atoms with Crippen LogP contribution in [0.3, 0.4) is 0 Å². The molecule has 2 rings (SSSR count). The van der Waals surface area contributed by atoms with Crippen molar-refractivity contribution in [3.8, 4) is 11.5 Å². The van der Waals surface area contributed by atoms with Crippen molar-refractivity contribution >= 4 is 5.91 Å². The average Bonchev–Trinajstić information content (AvgIpc) is 2.70. The Kier molecular flexibility index (Phi) is 5.54. The highest BCUT2D eigenvalue weighted by Gasteiger charge is 2.30. The summed E-state index contributed by atoms with van der Waals surface area (Å²) in [6, 6.07) is 5.19. The minimum atomic E-state index is -2.62. The molecule has 0 spiro atoms. The first-order chi connectivity index (χ1) is 10.5. The molecule has 5 nitrogen and oxygen atoms in total. The second-order valence-corrected chi connectivity index (χ2v) is 4.95. The van der Waals surface area contributed by atoms with Crippen LogP contribution in [0.1, 0.15) is 12.0 Å². The van der Waals surface area contributed by atoms with Gasteiger partial charge in [-0.15, -0.1) is 0 Å². The van der Waals surface area contributed by atoms with Crippen LogP contribution in [0, 0.1) is 0 Å². The highest BCUT2D eigenvalue weighted by molar-refractivity contribution is 5.76. The van der Waals surface area contributed by atoms with Crippen molar-refractivity contribution in [2.45, 2.75) is 25.5 Å². The molecular formula is C15H19F2NO4. The van der Waals surface area contributed by atoms with Crippen molar-refractivity contribution < 1.29 is 27.8 Å². The number of methoxy groups -OCH3 is 2. The number of halogens is 2. The summed E-state index contributed by atoms with van der Waals surface area (Å²) in [4.78, 5) is 13.4. The summed E-state index contributed by atoms with van der Waals surface area (Å²) >= 11 is 0. The minimum absolute atomic E-state index is 0.0179. The standard InChI is InChI=1S/C15H19F2NO4/c1-20-11-4-3-10(12(7-11)21-2)8-18-9-13(15(16)17)22-6-5-14(18)19/h3-4,7,13,15H,5-6,8-9H2,1-2H3/t13-/m0/s1. The number of amides is 1. The van der Waals surface area contributed by atoms with E-state index in [2.05, 4.69) is 0 Å². The Hall–Kier alpha value is -1.89. The van der Waals surface area contributed by atoms with Gasteiger partial charge in [-0.1, -0.05) is 0 Å². The van der Waals surface area contributed by atoms with Crippen molar-refractivity contribution in [3.05, 3.63) is 23.8 Å². The lowest BCUT2D eigenvalue weighted by Gasteiger charge is -2.24. The average molecular weight is 315 g/mol. The second kappa shape index (κ2) is 7.40. The molecule has 0 aromatic heterocycles. The molecule has 1 amide bonds. The molecular weight excluding hydrogens is 296 g/mol. The first-order valence-corrected chi connectivity index (χ1v) is 6.93. The molecule has 0 aliphatic carbocycles. The molecule has 7 heteroatoms. The molecule has 22 heavy (non-hydrogen) atoms. The summed E-state index contributed by atoms with van der Waals surface area (Å²) in [5.74, 6) is 0.962. The summed E-state index contributed by atoms with van der Waals surface area (Å²) < 4.78 is 41.2. The maximum atomic E-state index is 12.9. The maximum absolute atomic E-state index is 12.9. The summed E-state index contributed by atoms with van der Waals surface area (Å²) in [6.07, 6.45) is -3.77. The molecule has 1 fully saturated rings. The first kappa shape index (κ1) is 16.5. The number of carbonyl (C=O) groups is 1. The van der Waals surface area contributed by atoms with Crippen molar-refractivity contribution in [2.24, 2.45) is 0 Å². The van der Waals surface area contributed by atoms with E-state index in [1.165, 1.54) is 19.1 Å². The molecule has 0 N–H and O–H groups in total. The first-order valence-electron chi connectivity index (χ1n) is 6.93. The Morgan fingerprint density at radius 1 is 1.36 bits per heavy atom. The van der Waals surface area contributed by atoms with Gasteiger partial charge < -0.3 is 19.1 Å². The van der Waals surface area contributed by atoms with Gasteiger partial charge in [0.15, 0.2) is 0 Å². The third kappa shape index (κ3) is 3.85. The van der Waals surface area contributed by atoms with Gasteiger partial charge in [0.25, 0.3) is 6.43 Å². The largest absolute Gasteiger partial charge is 0.497 e. The van der Waals surface area contributed by atoms with Gasteiger partial charge >= 0.3 is 0 Å². The van der Waals surface area contributed by atoms with Crippen LogP contribution in [0.15, 0.2) is 18.2 Å². The van der Waals surface area contributed by atoms with E-state index in [1.54, 1.807) is 18.2 Å². The number of alkyl halides is 2. The lowest BCUT2D eigenvalue weighted by atomic mass is 10.1. The number of rotatable bonds is 5. The highest BCUT2D eigenvalue weighted by atomic mass is 19.3. The Morgan fingerprint density at radius 2 is 2.14 bits per heavy atom. The van der Waals surface area contributed by atoms with Gasteiger partial charge in [-0.05, 0) is 12.1 Å². The fraction of sp³-hybridized carbons (Fsp3) is 0.533. The molecule has 1 aromatic rings. The van der Waals surface area contributed by atoms with Gasteiger partial charge in [-0.25, -0.2) is 8.78 Å². The SMILES string of the molecule is COc1ccc(CN2C[C@@H](C(F)F)OCCC2=O)c(OC)c1. The van der Waals surface area contributed by atoms with Gasteiger partial charge in [-0.3, -0.25) is 4.79 Å². The fourth-order valence-electron chi connectivity index (χ4n) is 2.32. The van der Waals surface area contributed by atoms with Crippen LogP contribution in [0.5, 0.6) is 11.5 Å². The van der Waals surface area contributed by atoms with Crippen LogP contribution in [0.25, 0.3) is 0 Å². The van der Waals surface area contributed by atoms with Crippen molar-refractivity contribution in [1.29, 1.82) is 0 Å². The van der Waals surface area contributed by atoms with E-state index in [0.717, 1.165) is 5.56 Å². The molecule has 1 aliphatic rings. The van der Waals surface area contributed by atoms with Crippen LogP contribution in [-0.4, -0.2) is 50.7 Å². The molecule has 0 radical (unpaired) electrons. The zero-order chi connectivity index (χ0) is 16.1. The number of hydrogen-bond acceptors (Lipinski definition) is 4. The Bertz CT molecular complexity index is 524. The molecule has 0 unspecified atom stereocenters. The van der Waals surface area contributed by atoms with E-state index in [9.17, 15) is 13.6 Å². The van der Waals surface area contributed by atoms with E-state index in [1.807, 2.05) is 0 Å². The minimum Gasteiger partial charge on any atom is -0.497 e. The van der Waals surface area contributed by atoms with Gasteiger partial charge in [0.1, 0.15) is 17.6 Å². The van der Waals surface area contributed by atoms with E-state index in [0.29, 0.717) is 11.5 Å². The second-order valence-electron chi connectivity index (χ2n) is 4.95. The van der Waals surface area contributed by atoms with E-state index < -0.39 is 12.5 Å². The lowest BCUT2D eigenvalue weighted by Crippen LogP contribution is -2.38. The molecule has 122 valence electrons. The van der Waals surface area contributed by atoms with Crippen LogP contribution in [0.4, 0.5) is 8.78 Å². The summed E-state index contributed by atoms with van der Waals surface area (Å²) in [5.41, 5.74) is 0.728. The van der Waals surface area contributed by atoms with Crippen LogP contribution in [-0.2, 0) is 16.1 Å². The van der Waals surface area contributed by atoms with Crippen LogP contribution < -0.4 is 9.47 Å². The molecule has 0 saturated carbocycles. The van der Waals surface area contributed by atoms with Gasteiger partial charge in [0, 0.05) is 18.2 Å². The third-order valence-corrected chi connectivity index (χ3v) is 3.54.